The Morgan fingerprint density at radius 3 is 2.42 bits per heavy atom. The summed E-state index contributed by atoms with van der Waals surface area (Å²) in [7, 11) is 0. The number of hydrogen-bond acceptors (Lipinski definition) is 4. The summed E-state index contributed by atoms with van der Waals surface area (Å²) in [5.74, 6) is 0.854. The van der Waals surface area contributed by atoms with Gasteiger partial charge in [0.05, 0.1) is 11.5 Å². The maximum atomic E-state index is 10.9. The third-order valence-electron chi connectivity index (χ3n) is 4.78. The molecule has 5 nitrogen and oxygen atoms in total. The monoisotopic (exact) mass is 353 g/mol. The van der Waals surface area contributed by atoms with Crippen LogP contribution < -0.4 is 4.74 Å². The Bertz CT molecular complexity index is 801. The molecule has 1 aliphatic rings. The molecule has 0 fully saturated rings. The van der Waals surface area contributed by atoms with Crippen molar-refractivity contribution in [3.8, 4) is 16.9 Å². The average molecular weight is 353 g/mol. The summed E-state index contributed by atoms with van der Waals surface area (Å²) in [6, 6.07) is 11.1. The number of hydrogen-bond donors (Lipinski definition) is 0. The van der Waals surface area contributed by atoms with Crippen LogP contribution in [0.5, 0.6) is 5.75 Å². The lowest BCUT2D eigenvalue weighted by atomic mass is 10.1. The number of ether oxygens (including phenoxy) is 1. The Morgan fingerprint density at radius 2 is 1.65 bits per heavy atom. The lowest BCUT2D eigenvalue weighted by Gasteiger charge is -2.08. The number of nitro groups is 1. The number of rotatable bonds is 10. The molecule has 2 aromatic carbocycles. The highest BCUT2D eigenvalue weighted by Crippen LogP contribution is 2.39. The summed E-state index contributed by atoms with van der Waals surface area (Å²) < 4.78 is 5.86. The van der Waals surface area contributed by atoms with Crippen molar-refractivity contribution >= 4 is 12.0 Å². The number of unbranched alkanes of at least 4 members (excludes halogenated alkanes) is 5. The lowest BCUT2D eigenvalue weighted by molar-refractivity contribution is -0.384. The van der Waals surface area contributed by atoms with Gasteiger partial charge < -0.3 is 9.53 Å². The first-order valence-electron chi connectivity index (χ1n) is 9.16. The molecule has 3 rings (SSSR count). The van der Waals surface area contributed by atoms with Gasteiger partial charge in [-0.1, -0.05) is 25.3 Å². The predicted molar refractivity (Wildman–Crippen MR) is 101 cm³/mol. The van der Waals surface area contributed by atoms with E-state index < -0.39 is 0 Å². The van der Waals surface area contributed by atoms with E-state index in [1.54, 1.807) is 12.1 Å². The Balaban J connectivity index is 1.51. The third kappa shape index (κ3) is 4.28. The van der Waals surface area contributed by atoms with E-state index in [9.17, 15) is 14.9 Å². The minimum atomic E-state index is -0.350. The van der Waals surface area contributed by atoms with Crippen LogP contribution in [-0.2, 0) is 11.2 Å². The number of carbonyl (C=O) groups is 1. The highest BCUT2D eigenvalue weighted by atomic mass is 16.6. The van der Waals surface area contributed by atoms with Crippen LogP contribution in [0.25, 0.3) is 11.1 Å². The average Bonchev–Trinajstić information content (AvgIpc) is 3.00. The van der Waals surface area contributed by atoms with E-state index in [0.717, 1.165) is 66.4 Å². The minimum Gasteiger partial charge on any atom is -0.494 e. The predicted octanol–water partition coefficient (Wildman–Crippen LogP) is 5.08. The number of carbonyl (C=O) groups excluding carboxylic acids is 1. The molecule has 26 heavy (non-hydrogen) atoms. The first kappa shape index (κ1) is 18.1. The molecule has 136 valence electrons. The molecular formula is C21H23NO4. The number of nitrogens with zero attached hydrogens (tertiary/aromatic N) is 1. The molecular weight excluding hydrogens is 330 g/mol. The molecule has 0 spiro atoms. The Labute approximate surface area is 153 Å². The fourth-order valence-corrected chi connectivity index (χ4v) is 3.43. The Morgan fingerprint density at radius 1 is 0.962 bits per heavy atom. The molecule has 0 heterocycles. The lowest BCUT2D eigenvalue weighted by Crippen LogP contribution is -1.98. The molecule has 5 heteroatoms. The smallest absolute Gasteiger partial charge is 0.269 e. The van der Waals surface area contributed by atoms with Crippen LogP contribution in [0.15, 0.2) is 36.4 Å². The highest BCUT2D eigenvalue weighted by molar-refractivity contribution is 5.78. The van der Waals surface area contributed by atoms with Crippen molar-refractivity contribution in [3.05, 3.63) is 57.6 Å². The van der Waals surface area contributed by atoms with E-state index in [1.807, 2.05) is 24.3 Å². The molecule has 1 aliphatic carbocycles. The molecule has 0 saturated carbocycles. The van der Waals surface area contributed by atoms with Crippen molar-refractivity contribution in [2.75, 3.05) is 6.61 Å². The highest BCUT2D eigenvalue weighted by Gasteiger charge is 2.21. The van der Waals surface area contributed by atoms with Crippen LogP contribution in [0, 0.1) is 10.1 Å². The van der Waals surface area contributed by atoms with E-state index in [2.05, 4.69) is 0 Å². The Kier molecular flexibility index (Phi) is 6.00. The number of fused-ring (bicyclic) bond motifs is 3. The molecule has 0 radical (unpaired) electrons. The number of nitro benzene ring substituents is 1. The second kappa shape index (κ2) is 8.61. The maximum absolute atomic E-state index is 10.9. The quantitative estimate of drug-likeness (QED) is 0.220. The van der Waals surface area contributed by atoms with Gasteiger partial charge in [-0.3, -0.25) is 10.1 Å². The SMILES string of the molecule is O=CCCCCCCCOc1ccc2c(c1)Cc1cc([N+](=O)[O-])ccc1-2. The van der Waals surface area contributed by atoms with E-state index in [-0.39, 0.29) is 10.6 Å². The van der Waals surface area contributed by atoms with Crippen LogP contribution in [0.4, 0.5) is 5.69 Å². The van der Waals surface area contributed by atoms with Gasteiger partial charge in [0.1, 0.15) is 12.0 Å². The van der Waals surface area contributed by atoms with Crippen molar-refractivity contribution in [2.45, 2.75) is 44.9 Å². The standard InChI is InChI=1S/C21H23NO4/c23-11-5-3-1-2-4-6-12-26-19-8-10-21-17(15-19)13-16-14-18(22(24)25)7-9-20(16)21/h7-11,14-15H,1-6,12-13H2. The molecule has 0 atom stereocenters. The van der Waals surface area contributed by atoms with Crippen molar-refractivity contribution in [1.29, 1.82) is 0 Å². The molecule has 0 aliphatic heterocycles. The van der Waals surface area contributed by atoms with Crippen LogP contribution in [-0.4, -0.2) is 17.8 Å². The topological polar surface area (TPSA) is 69.4 Å². The van der Waals surface area contributed by atoms with Crippen molar-refractivity contribution in [1.82, 2.24) is 0 Å². The maximum Gasteiger partial charge on any atom is 0.269 e. The second-order valence-corrected chi connectivity index (χ2v) is 6.67. The largest absolute Gasteiger partial charge is 0.494 e. The minimum absolute atomic E-state index is 0.140. The Hall–Kier alpha value is -2.69. The van der Waals surface area contributed by atoms with Gasteiger partial charge in [-0.15, -0.1) is 0 Å². The zero-order valence-corrected chi connectivity index (χ0v) is 14.8. The number of aldehydes is 1. The van der Waals surface area contributed by atoms with Crippen molar-refractivity contribution in [3.63, 3.8) is 0 Å². The van der Waals surface area contributed by atoms with Crippen LogP contribution in [0.1, 0.15) is 49.7 Å². The van der Waals surface area contributed by atoms with Gasteiger partial charge in [-0.2, -0.15) is 0 Å². The van der Waals surface area contributed by atoms with Crippen LogP contribution >= 0.6 is 0 Å². The van der Waals surface area contributed by atoms with Crippen molar-refractivity contribution < 1.29 is 14.5 Å². The molecule has 0 amide bonds. The van der Waals surface area contributed by atoms with E-state index >= 15 is 0 Å². The number of benzene rings is 2. The fourth-order valence-electron chi connectivity index (χ4n) is 3.43. The summed E-state index contributed by atoms with van der Waals surface area (Å²) >= 11 is 0. The molecule has 0 saturated heterocycles. The summed E-state index contributed by atoms with van der Waals surface area (Å²) in [5.41, 5.74) is 4.51. The van der Waals surface area contributed by atoms with Gasteiger partial charge in [0.15, 0.2) is 0 Å². The molecule has 0 N–H and O–H groups in total. The number of non-ortho nitro benzene ring substituents is 1. The summed E-state index contributed by atoms with van der Waals surface area (Å²) in [4.78, 5) is 20.8. The molecule has 0 aromatic heterocycles. The van der Waals surface area contributed by atoms with Gasteiger partial charge in [-0.05, 0) is 59.7 Å². The van der Waals surface area contributed by atoms with Crippen LogP contribution in [0.3, 0.4) is 0 Å². The second-order valence-electron chi connectivity index (χ2n) is 6.67. The first-order valence-corrected chi connectivity index (χ1v) is 9.16. The normalized spacial score (nSPS) is 11.7. The zero-order chi connectivity index (χ0) is 18.4. The van der Waals surface area contributed by atoms with E-state index in [1.165, 1.54) is 0 Å². The van der Waals surface area contributed by atoms with Gasteiger partial charge in [-0.25, -0.2) is 0 Å². The van der Waals surface area contributed by atoms with Gasteiger partial charge in [0, 0.05) is 18.6 Å². The molecule has 2 aromatic rings. The zero-order valence-electron chi connectivity index (χ0n) is 14.8. The summed E-state index contributed by atoms with van der Waals surface area (Å²) in [6.45, 7) is 0.685. The first-order chi connectivity index (χ1) is 12.7. The fraction of sp³-hybridized carbons (Fsp3) is 0.381. The van der Waals surface area contributed by atoms with Crippen LogP contribution in [0.2, 0.25) is 0 Å². The van der Waals surface area contributed by atoms with Gasteiger partial charge >= 0.3 is 0 Å². The van der Waals surface area contributed by atoms with E-state index in [4.69, 9.17) is 4.74 Å². The summed E-state index contributed by atoms with van der Waals surface area (Å²) in [6.07, 6.45) is 7.68. The molecule has 0 unspecified atom stereocenters. The van der Waals surface area contributed by atoms with Gasteiger partial charge in [0.25, 0.3) is 5.69 Å². The van der Waals surface area contributed by atoms with Gasteiger partial charge in [0.2, 0.25) is 0 Å². The third-order valence-corrected chi connectivity index (χ3v) is 4.78. The van der Waals surface area contributed by atoms with E-state index in [0.29, 0.717) is 19.4 Å². The molecule has 0 bridgehead atoms. The van der Waals surface area contributed by atoms with Crippen molar-refractivity contribution in [2.24, 2.45) is 0 Å². The summed E-state index contributed by atoms with van der Waals surface area (Å²) in [5, 5.41) is 10.9.